The maximum atomic E-state index is 2.56. The van der Waals surface area contributed by atoms with E-state index in [2.05, 4.69) is 65.9 Å². The highest BCUT2D eigenvalue weighted by Gasteiger charge is 2.20. The van der Waals surface area contributed by atoms with Crippen LogP contribution in [0.15, 0.2) is 24.3 Å². The third kappa shape index (κ3) is 23.6. The first-order valence-corrected chi connectivity index (χ1v) is 15.3. The van der Waals surface area contributed by atoms with Crippen LogP contribution in [0.5, 0.6) is 0 Å². The highest BCUT2D eigenvalue weighted by Crippen LogP contribution is 2.16. The summed E-state index contributed by atoms with van der Waals surface area (Å²) in [5, 5.41) is 0. The van der Waals surface area contributed by atoms with Crippen LogP contribution in [0.3, 0.4) is 0 Å². The molecule has 0 aliphatic carbocycles. The molecule has 0 unspecified atom stereocenters. The first kappa shape index (κ1) is 36.6. The number of quaternary nitrogens is 1. The Kier molecular flexibility index (Phi) is 27.8. The number of halogens is 1. The van der Waals surface area contributed by atoms with Crippen LogP contribution in [0, 0.1) is 13.8 Å². The summed E-state index contributed by atoms with van der Waals surface area (Å²) in [7, 11) is 2.56. The lowest BCUT2D eigenvalue weighted by molar-refractivity contribution is -0.910. The smallest absolute Gasteiger partial charge is 0.0784 e. The molecule has 0 bridgehead atoms. The van der Waals surface area contributed by atoms with E-state index in [-0.39, 0.29) is 12.4 Å². The molecule has 0 spiro atoms. The summed E-state index contributed by atoms with van der Waals surface area (Å²) in [6.45, 7) is 15.5. The van der Waals surface area contributed by atoms with Crippen LogP contribution in [-0.2, 0) is 0 Å². The first-order chi connectivity index (χ1) is 16.5. The Morgan fingerprint density at radius 3 is 0.971 bits per heavy atom. The molecular weight excluding hydrogens is 446 g/mol. The number of hydrogen-bond acceptors (Lipinski definition) is 0. The molecule has 0 radical (unpaired) electrons. The zero-order valence-corrected chi connectivity index (χ0v) is 25.7. The molecule has 0 atom stereocenters. The summed E-state index contributed by atoms with van der Waals surface area (Å²) in [6.07, 6.45) is 25.9. The van der Waals surface area contributed by atoms with Crippen LogP contribution in [0.1, 0.15) is 147 Å². The Bertz CT molecular complexity index is 480. The van der Waals surface area contributed by atoms with Crippen molar-refractivity contribution in [1.29, 1.82) is 0 Å². The van der Waals surface area contributed by atoms with E-state index in [0.29, 0.717) is 0 Å². The number of rotatable bonds is 21. The van der Waals surface area contributed by atoms with Gasteiger partial charge in [0, 0.05) is 0 Å². The van der Waals surface area contributed by atoms with Gasteiger partial charge in [-0.25, -0.2) is 0 Å². The minimum atomic E-state index is 0. The molecule has 35 heavy (non-hydrogen) atoms. The standard InChI is InChI=1S/C25H54N.C8H10.ClH/c1-5-8-11-14-17-20-23-26(4,24-21-18-15-12-9-6-2)25-22-19-16-13-10-7-3;1-7-5-3-4-6-8(7)2;/h5-25H2,1-4H3;3-6H,1-2H3;1H/q+1;;/p-1. The van der Waals surface area contributed by atoms with Gasteiger partial charge in [0.05, 0.1) is 26.7 Å². The minimum absolute atomic E-state index is 0. The molecule has 0 aliphatic rings. The average Bonchev–Trinajstić information content (AvgIpc) is 2.83. The Morgan fingerprint density at radius 1 is 0.457 bits per heavy atom. The van der Waals surface area contributed by atoms with E-state index in [9.17, 15) is 0 Å². The molecule has 0 N–H and O–H groups in total. The van der Waals surface area contributed by atoms with Gasteiger partial charge in [-0.2, -0.15) is 0 Å². The molecule has 1 aromatic rings. The van der Waals surface area contributed by atoms with Crippen LogP contribution >= 0.6 is 0 Å². The lowest BCUT2D eigenvalue weighted by Crippen LogP contribution is -3.00. The molecule has 208 valence electrons. The average molecular weight is 510 g/mol. The van der Waals surface area contributed by atoms with E-state index in [0.717, 1.165) is 0 Å². The molecule has 0 heterocycles. The zero-order chi connectivity index (χ0) is 25.3. The van der Waals surface area contributed by atoms with Gasteiger partial charge in [-0.1, -0.05) is 122 Å². The number of unbranched alkanes of at least 4 members (excludes halogenated alkanes) is 15. The van der Waals surface area contributed by atoms with Crippen molar-refractivity contribution >= 4 is 0 Å². The molecule has 0 aliphatic heterocycles. The summed E-state index contributed by atoms with van der Waals surface area (Å²) in [5.41, 5.74) is 2.74. The van der Waals surface area contributed by atoms with Gasteiger partial charge in [-0.05, 0) is 63.5 Å². The first-order valence-electron chi connectivity index (χ1n) is 15.3. The third-order valence-electron chi connectivity index (χ3n) is 7.58. The Morgan fingerprint density at radius 2 is 0.714 bits per heavy atom. The van der Waals surface area contributed by atoms with Gasteiger partial charge in [0.2, 0.25) is 0 Å². The highest BCUT2D eigenvalue weighted by molar-refractivity contribution is 5.23. The predicted molar refractivity (Wildman–Crippen MR) is 157 cm³/mol. The highest BCUT2D eigenvalue weighted by atomic mass is 35.5. The maximum Gasteiger partial charge on any atom is 0.0784 e. The van der Waals surface area contributed by atoms with Crippen molar-refractivity contribution in [1.82, 2.24) is 0 Å². The molecule has 1 rings (SSSR count). The second-order valence-electron chi connectivity index (χ2n) is 11.2. The topological polar surface area (TPSA) is 0 Å². The molecule has 0 amide bonds. The van der Waals surface area contributed by atoms with Crippen LogP contribution in [0.4, 0.5) is 0 Å². The Balaban J connectivity index is 0. The van der Waals surface area contributed by atoms with Gasteiger partial charge in [-0.15, -0.1) is 0 Å². The predicted octanol–water partition coefficient (Wildman–Crippen LogP) is 7.82. The van der Waals surface area contributed by atoms with E-state index in [1.54, 1.807) is 0 Å². The second kappa shape index (κ2) is 26.5. The van der Waals surface area contributed by atoms with Crippen molar-refractivity contribution in [2.24, 2.45) is 0 Å². The van der Waals surface area contributed by atoms with Crippen LogP contribution in [-0.4, -0.2) is 31.2 Å². The molecule has 0 fully saturated rings. The largest absolute Gasteiger partial charge is 1.00 e. The molecule has 0 saturated carbocycles. The molecular formula is C33H64ClN. The molecule has 1 aromatic carbocycles. The normalized spacial score (nSPS) is 11.0. The van der Waals surface area contributed by atoms with Gasteiger partial charge in [0.15, 0.2) is 0 Å². The quantitative estimate of drug-likeness (QED) is 0.117. The Hall–Kier alpha value is -0.530. The van der Waals surface area contributed by atoms with Crippen LogP contribution < -0.4 is 12.4 Å². The maximum absolute atomic E-state index is 2.56. The summed E-state index contributed by atoms with van der Waals surface area (Å²) in [5.74, 6) is 0. The van der Waals surface area contributed by atoms with Crippen molar-refractivity contribution in [2.75, 3.05) is 26.7 Å². The van der Waals surface area contributed by atoms with E-state index in [1.807, 2.05) is 0 Å². The fraction of sp³-hybridized carbons (Fsp3) is 0.818. The third-order valence-corrected chi connectivity index (χ3v) is 7.58. The Labute approximate surface area is 228 Å². The van der Waals surface area contributed by atoms with E-state index >= 15 is 0 Å². The van der Waals surface area contributed by atoms with Gasteiger partial charge in [0.25, 0.3) is 0 Å². The summed E-state index contributed by atoms with van der Waals surface area (Å²) in [4.78, 5) is 0. The number of hydrogen-bond donors (Lipinski definition) is 0. The van der Waals surface area contributed by atoms with Crippen LogP contribution in [0.25, 0.3) is 0 Å². The van der Waals surface area contributed by atoms with Crippen molar-refractivity contribution < 1.29 is 16.9 Å². The van der Waals surface area contributed by atoms with Crippen molar-refractivity contribution in [3.63, 3.8) is 0 Å². The van der Waals surface area contributed by atoms with Gasteiger partial charge in [-0.3, -0.25) is 0 Å². The van der Waals surface area contributed by atoms with Crippen molar-refractivity contribution in [2.45, 2.75) is 150 Å². The number of nitrogens with zero attached hydrogens (tertiary/aromatic N) is 1. The summed E-state index contributed by atoms with van der Waals surface area (Å²) in [6, 6.07) is 8.36. The molecule has 0 aromatic heterocycles. The lowest BCUT2D eigenvalue weighted by atomic mass is 10.1. The van der Waals surface area contributed by atoms with Crippen LogP contribution in [0.2, 0.25) is 0 Å². The van der Waals surface area contributed by atoms with E-state index in [1.165, 1.54) is 151 Å². The SMILES string of the molecule is CCCCCCCC[N+](C)(CCCCCCCC)CCCCCCCC.Cc1ccccc1C.[Cl-]. The van der Waals surface area contributed by atoms with Gasteiger partial charge in [0.1, 0.15) is 0 Å². The second-order valence-corrected chi connectivity index (χ2v) is 11.2. The van der Waals surface area contributed by atoms with Gasteiger partial charge >= 0.3 is 0 Å². The number of benzene rings is 1. The summed E-state index contributed by atoms with van der Waals surface area (Å²) >= 11 is 0. The lowest BCUT2D eigenvalue weighted by Gasteiger charge is -2.35. The summed E-state index contributed by atoms with van der Waals surface area (Å²) < 4.78 is 1.36. The number of aryl methyl sites for hydroxylation is 2. The molecule has 1 nitrogen and oxygen atoms in total. The fourth-order valence-corrected chi connectivity index (χ4v) is 4.82. The van der Waals surface area contributed by atoms with E-state index < -0.39 is 0 Å². The van der Waals surface area contributed by atoms with Gasteiger partial charge < -0.3 is 16.9 Å². The minimum Gasteiger partial charge on any atom is -1.00 e. The van der Waals surface area contributed by atoms with E-state index in [4.69, 9.17) is 0 Å². The van der Waals surface area contributed by atoms with Crippen molar-refractivity contribution in [3.8, 4) is 0 Å². The molecule has 0 saturated heterocycles. The monoisotopic (exact) mass is 509 g/mol. The molecule has 2 heteroatoms. The van der Waals surface area contributed by atoms with Crippen molar-refractivity contribution in [3.05, 3.63) is 35.4 Å². The zero-order valence-electron chi connectivity index (χ0n) is 25.0. The fourth-order valence-electron chi connectivity index (χ4n) is 4.82.